The fraction of sp³-hybridized carbons (Fsp3) is 0.452. The summed E-state index contributed by atoms with van der Waals surface area (Å²) < 4.78 is 7.97. The molecule has 1 amide bonds. The van der Waals surface area contributed by atoms with Gasteiger partial charge in [0, 0.05) is 42.1 Å². The van der Waals surface area contributed by atoms with E-state index in [1.54, 1.807) is 18.3 Å². The third-order valence-electron chi connectivity index (χ3n) is 8.18. The normalized spacial score (nSPS) is 18.8. The maximum Gasteiger partial charge on any atom is 0.306 e. The molecule has 0 bridgehead atoms. The van der Waals surface area contributed by atoms with Gasteiger partial charge < -0.3 is 47.1 Å². The van der Waals surface area contributed by atoms with E-state index < -0.39 is 5.97 Å². The molecule has 1 aliphatic heterocycles. The van der Waals surface area contributed by atoms with Crippen LogP contribution < -0.4 is 5.32 Å². The summed E-state index contributed by atoms with van der Waals surface area (Å²) in [5, 5.41) is 15.3. The van der Waals surface area contributed by atoms with Crippen LogP contribution in [-0.2, 0) is 32.6 Å². The van der Waals surface area contributed by atoms with Gasteiger partial charge in [-0.2, -0.15) is 5.06 Å². The Morgan fingerprint density at radius 2 is 1.64 bits per heavy atom. The molecule has 2 heterocycles. The number of carbonyl (C=O) groups is 3. The fourth-order valence-corrected chi connectivity index (χ4v) is 6.28. The number of benzene rings is 2. The van der Waals surface area contributed by atoms with E-state index in [-0.39, 0.29) is 75.2 Å². The van der Waals surface area contributed by atoms with Gasteiger partial charge in [-0.3, -0.25) is 19.2 Å². The van der Waals surface area contributed by atoms with E-state index in [0.717, 1.165) is 36.6 Å². The number of carboxylic acid groups (broad SMARTS) is 1. The highest BCUT2D eigenvalue weighted by atomic mass is 35.5. The van der Waals surface area contributed by atoms with Crippen LogP contribution >= 0.6 is 23.2 Å². The summed E-state index contributed by atoms with van der Waals surface area (Å²) in [6.45, 7) is 1.10. The average molecular weight is 707 g/mol. The number of nitrogens with one attached hydrogen (secondary N) is 1. The first kappa shape index (κ1) is 43.9. The van der Waals surface area contributed by atoms with Gasteiger partial charge in [0.15, 0.2) is 5.78 Å². The van der Waals surface area contributed by atoms with Gasteiger partial charge >= 0.3 is 5.97 Å². The molecule has 1 saturated carbocycles. The van der Waals surface area contributed by atoms with Gasteiger partial charge in [0.1, 0.15) is 6.61 Å². The van der Waals surface area contributed by atoms with Crippen molar-refractivity contribution in [3.05, 3.63) is 63.8 Å². The minimum Gasteiger partial charge on any atom is -0.481 e. The Bertz CT molecular complexity index is 1480. The lowest BCUT2D eigenvalue weighted by Gasteiger charge is -2.29. The van der Waals surface area contributed by atoms with Crippen LogP contribution in [0.3, 0.4) is 0 Å². The topological polar surface area (TPSA) is 268 Å². The second-order valence-corrected chi connectivity index (χ2v) is 11.9. The molecule has 16 heteroatoms. The number of rotatable bonds is 11. The number of aromatic nitrogens is 1. The van der Waals surface area contributed by atoms with Crippen molar-refractivity contribution in [3.63, 3.8) is 0 Å². The second-order valence-electron chi connectivity index (χ2n) is 11.1. The first-order chi connectivity index (χ1) is 20.2. The molecule has 0 spiro atoms. The van der Waals surface area contributed by atoms with Crippen LogP contribution in [-0.4, -0.2) is 91.7 Å². The number of ketones is 1. The predicted octanol–water partition coefficient (Wildman–Crippen LogP) is 1.78. The Morgan fingerprint density at radius 1 is 0.957 bits per heavy atom. The van der Waals surface area contributed by atoms with Crippen molar-refractivity contribution in [3.8, 4) is 0 Å². The van der Waals surface area contributed by atoms with E-state index in [4.69, 9.17) is 32.8 Å². The highest BCUT2D eigenvalue weighted by molar-refractivity contribution is 6.36. The number of hydrogen-bond acceptors (Lipinski definition) is 6. The van der Waals surface area contributed by atoms with Gasteiger partial charge in [0.2, 0.25) is 0 Å². The van der Waals surface area contributed by atoms with Gasteiger partial charge in [-0.15, -0.1) is 0 Å². The molecule has 0 radical (unpaired) electrons. The average Bonchev–Trinajstić information content (AvgIpc) is 3.57. The summed E-state index contributed by atoms with van der Waals surface area (Å²) in [4.78, 5) is 42.9. The van der Waals surface area contributed by atoms with Gasteiger partial charge in [-0.05, 0) is 62.3 Å². The van der Waals surface area contributed by atoms with E-state index in [0.29, 0.717) is 47.8 Å². The van der Waals surface area contributed by atoms with Crippen molar-refractivity contribution in [1.82, 2.24) is 9.63 Å². The van der Waals surface area contributed by atoms with Crippen LogP contribution in [0.2, 0.25) is 10.0 Å². The van der Waals surface area contributed by atoms with E-state index in [9.17, 15) is 19.5 Å². The van der Waals surface area contributed by atoms with Gasteiger partial charge in [-0.1, -0.05) is 41.4 Å². The van der Waals surface area contributed by atoms with Crippen molar-refractivity contribution in [2.24, 2.45) is 13.0 Å². The lowest BCUT2D eigenvalue weighted by Crippen LogP contribution is -2.37. The Kier molecular flexibility index (Phi) is 18.3. The molecule has 1 saturated heterocycles. The zero-order valence-corrected chi connectivity index (χ0v) is 27.5. The first-order valence-corrected chi connectivity index (χ1v) is 15.0. The second kappa shape index (κ2) is 19.6. The number of carbonyl (C=O) groups excluding carboxylic acids is 2. The number of aliphatic carboxylic acids is 1. The molecule has 3 aromatic rings. The maximum absolute atomic E-state index is 13.0. The molecule has 0 unspecified atom stereocenters. The highest BCUT2D eigenvalue weighted by Gasteiger charge is 2.30. The molecule has 5 rings (SSSR count). The van der Waals surface area contributed by atoms with E-state index >= 15 is 0 Å². The van der Waals surface area contributed by atoms with Crippen molar-refractivity contribution in [1.29, 1.82) is 0 Å². The molecule has 2 aliphatic rings. The number of hydroxylamine groups is 2. The number of amides is 1. The minimum absolute atomic E-state index is 0. The summed E-state index contributed by atoms with van der Waals surface area (Å²) in [6.07, 6.45) is 6.51. The summed E-state index contributed by atoms with van der Waals surface area (Å²) in [7, 11) is 1.88. The molecular weight excluding hydrogens is 661 g/mol. The number of para-hydroxylation sites is 1. The lowest BCUT2D eigenvalue weighted by molar-refractivity contribution is -0.186. The monoisotopic (exact) mass is 705 g/mol. The molecule has 2 fully saturated rings. The summed E-state index contributed by atoms with van der Waals surface area (Å²) in [5.74, 6) is -1.45. The molecule has 14 nitrogen and oxygen atoms in total. The van der Waals surface area contributed by atoms with E-state index in [1.165, 1.54) is 0 Å². The van der Waals surface area contributed by atoms with Crippen LogP contribution in [0.15, 0.2) is 42.6 Å². The smallest absolute Gasteiger partial charge is 0.306 e. The number of aryl methyl sites for hydroxylation is 1. The number of anilines is 1. The third kappa shape index (κ3) is 10.7. The Labute approximate surface area is 282 Å². The van der Waals surface area contributed by atoms with Crippen LogP contribution in [0.25, 0.3) is 10.9 Å². The number of nitrogens with zero attached hydrogens (tertiary/aromatic N) is 2. The number of fused-ring (bicyclic) bond motifs is 1. The molecule has 2 aromatic carbocycles. The molecular formula is C31H45Cl2N3O11. The van der Waals surface area contributed by atoms with Crippen molar-refractivity contribution >= 4 is 57.5 Å². The summed E-state index contributed by atoms with van der Waals surface area (Å²) in [5.41, 5.74) is 2.38. The minimum atomic E-state index is -0.725. The van der Waals surface area contributed by atoms with Crippen LogP contribution in [0.5, 0.6) is 0 Å². The van der Waals surface area contributed by atoms with E-state index in [2.05, 4.69) is 5.32 Å². The molecule has 47 heavy (non-hydrogen) atoms. The number of hydrogen-bond donors (Lipinski definition) is 2. The third-order valence-corrected chi connectivity index (χ3v) is 8.84. The molecule has 1 atom stereocenters. The largest absolute Gasteiger partial charge is 0.481 e. The van der Waals surface area contributed by atoms with Crippen LogP contribution in [0.4, 0.5) is 5.69 Å². The molecule has 264 valence electrons. The number of ether oxygens (including phenoxy) is 1. The predicted molar refractivity (Wildman–Crippen MR) is 179 cm³/mol. The lowest BCUT2D eigenvalue weighted by atomic mass is 9.87. The van der Waals surface area contributed by atoms with Crippen molar-refractivity contribution in [2.45, 2.75) is 57.1 Å². The fourth-order valence-electron chi connectivity index (χ4n) is 5.82. The number of carboxylic acids is 1. The SMILES string of the molecule is Cn1cc(C(=O)Nc2cc(Cl)c(CC(=O)CON3CCC[C@H]3CO[C@H]3CC[C@H](C(=O)O)CC3)cc2Cl)c2ccccc21.O.O.O.O.O. The Balaban J connectivity index is 0.00000423. The zero-order chi connectivity index (χ0) is 29.8. The summed E-state index contributed by atoms with van der Waals surface area (Å²) in [6, 6.07) is 10.9. The first-order valence-electron chi connectivity index (χ1n) is 14.3. The van der Waals surface area contributed by atoms with E-state index in [1.807, 2.05) is 40.9 Å². The maximum atomic E-state index is 13.0. The Hall–Kier alpha value is -3.15. The standard InChI is InChI=1S/C31H35Cl2N3O6.5H2O/c1-35-16-25(24-6-2-3-7-29(24)35)30(38)34-28-15-26(32)20(14-27(28)33)13-22(37)18-42-36-12-4-5-21(36)17-41-23-10-8-19(9-11-23)31(39)40;;;;;/h2-3,6-7,14-16,19,21,23H,4-5,8-13,17-18H2,1H3,(H,34,38)(H,39,40);5*1H2/t19-,21-,23-;;;;;/m0...../s1. The quantitative estimate of drug-likeness (QED) is 0.298. The molecule has 1 aliphatic carbocycles. The Morgan fingerprint density at radius 3 is 2.32 bits per heavy atom. The number of halogens is 2. The van der Waals surface area contributed by atoms with Gasteiger partial charge in [-0.25, -0.2) is 0 Å². The van der Waals surface area contributed by atoms with Crippen LogP contribution in [0.1, 0.15) is 54.4 Å². The number of Topliss-reactive ketones (excluding diaryl/α,β-unsaturated/α-hetero) is 1. The van der Waals surface area contributed by atoms with Crippen molar-refractivity contribution < 1.29 is 56.4 Å². The van der Waals surface area contributed by atoms with Gasteiger partial charge in [0.25, 0.3) is 5.91 Å². The molecule has 1 aromatic heterocycles. The summed E-state index contributed by atoms with van der Waals surface area (Å²) >= 11 is 13.0. The zero-order valence-electron chi connectivity index (χ0n) is 26.0. The van der Waals surface area contributed by atoms with Gasteiger partial charge in [0.05, 0.1) is 40.9 Å². The highest BCUT2D eigenvalue weighted by Crippen LogP contribution is 2.32. The molecule has 12 N–H and O–H groups in total. The van der Waals surface area contributed by atoms with Crippen molar-refractivity contribution in [2.75, 3.05) is 25.1 Å². The van der Waals surface area contributed by atoms with Crippen LogP contribution in [0, 0.1) is 5.92 Å².